The van der Waals surface area contributed by atoms with E-state index in [4.69, 9.17) is 10.5 Å². The Balaban J connectivity index is 1.92. The number of rotatable bonds is 7. The maximum atomic E-state index is 10.3. The molecule has 0 aliphatic heterocycles. The van der Waals surface area contributed by atoms with E-state index in [1.165, 1.54) is 0 Å². The van der Waals surface area contributed by atoms with E-state index in [0.717, 1.165) is 11.6 Å². The zero-order valence-electron chi connectivity index (χ0n) is 7.73. The van der Waals surface area contributed by atoms with Gasteiger partial charge in [0.1, 0.15) is 11.6 Å². The van der Waals surface area contributed by atoms with E-state index in [2.05, 4.69) is 10.3 Å². The van der Waals surface area contributed by atoms with Crippen LogP contribution in [-0.4, -0.2) is 30.6 Å². The third-order valence-electron chi connectivity index (χ3n) is 1.43. The van der Waals surface area contributed by atoms with Gasteiger partial charge in [0.2, 0.25) is 5.91 Å². The molecule has 0 saturated heterocycles. The van der Waals surface area contributed by atoms with Gasteiger partial charge in [-0.1, -0.05) is 0 Å². The Morgan fingerprint density at radius 2 is 2.57 bits per heavy atom. The van der Waals surface area contributed by atoms with Crippen LogP contribution in [0.25, 0.3) is 0 Å². The van der Waals surface area contributed by atoms with Crippen molar-refractivity contribution in [2.75, 3.05) is 19.8 Å². The highest BCUT2D eigenvalue weighted by Crippen LogP contribution is 2.01. The number of ether oxygens (including phenoxy) is 1. The summed E-state index contributed by atoms with van der Waals surface area (Å²) < 4.78 is 4.96. The average molecular weight is 215 g/mol. The molecule has 0 aliphatic rings. The number of hydrogen-bond acceptors (Lipinski definition) is 5. The second-order valence-electron chi connectivity index (χ2n) is 2.62. The standard InChI is InChI=1S/C8H13N3O2S/c9-7(12)6-13-3-1-10-5-8-11-2-4-14-8/h2,4,10H,1,3,5-6H2,(H2,9,12). The summed E-state index contributed by atoms with van der Waals surface area (Å²) in [7, 11) is 0. The van der Waals surface area contributed by atoms with Gasteiger partial charge in [0, 0.05) is 24.7 Å². The topological polar surface area (TPSA) is 77.2 Å². The number of aromatic nitrogens is 1. The third-order valence-corrected chi connectivity index (χ3v) is 2.21. The number of nitrogens with zero attached hydrogens (tertiary/aromatic N) is 1. The second-order valence-corrected chi connectivity index (χ2v) is 3.60. The molecule has 0 fully saturated rings. The minimum atomic E-state index is -0.440. The first-order valence-electron chi connectivity index (χ1n) is 4.24. The van der Waals surface area contributed by atoms with Crippen LogP contribution >= 0.6 is 11.3 Å². The van der Waals surface area contributed by atoms with Gasteiger partial charge in [-0.05, 0) is 0 Å². The predicted octanol–water partition coefficient (Wildman–Crippen LogP) is -0.265. The molecule has 3 N–H and O–H groups in total. The molecule has 0 saturated carbocycles. The average Bonchev–Trinajstić information content (AvgIpc) is 2.63. The van der Waals surface area contributed by atoms with Crippen molar-refractivity contribution in [1.82, 2.24) is 10.3 Å². The van der Waals surface area contributed by atoms with Crippen LogP contribution in [0.15, 0.2) is 11.6 Å². The Labute approximate surface area is 86.3 Å². The van der Waals surface area contributed by atoms with Crippen molar-refractivity contribution in [2.24, 2.45) is 5.73 Å². The van der Waals surface area contributed by atoms with Crippen molar-refractivity contribution < 1.29 is 9.53 Å². The van der Waals surface area contributed by atoms with Crippen LogP contribution in [0.5, 0.6) is 0 Å². The Morgan fingerprint density at radius 1 is 1.71 bits per heavy atom. The molecule has 0 aliphatic carbocycles. The van der Waals surface area contributed by atoms with E-state index in [0.29, 0.717) is 13.2 Å². The van der Waals surface area contributed by atoms with Crippen LogP contribution in [-0.2, 0) is 16.1 Å². The smallest absolute Gasteiger partial charge is 0.243 e. The first kappa shape index (κ1) is 11.1. The first-order valence-corrected chi connectivity index (χ1v) is 5.12. The Morgan fingerprint density at radius 3 is 3.21 bits per heavy atom. The summed E-state index contributed by atoms with van der Waals surface area (Å²) in [5.41, 5.74) is 4.89. The van der Waals surface area contributed by atoms with Gasteiger partial charge in [0.05, 0.1) is 6.61 Å². The molecule has 5 nitrogen and oxygen atoms in total. The molecule has 1 amide bonds. The fraction of sp³-hybridized carbons (Fsp3) is 0.500. The minimum Gasteiger partial charge on any atom is -0.370 e. The van der Waals surface area contributed by atoms with E-state index in [1.807, 2.05) is 5.38 Å². The summed E-state index contributed by atoms with van der Waals surface area (Å²) in [6, 6.07) is 0. The van der Waals surface area contributed by atoms with Crippen molar-refractivity contribution in [3.05, 3.63) is 16.6 Å². The third kappa shape index (κ3) is 4.90. The zero-order chi connectivity index (χ0) is 10.2. The van der Waals surface area contributed by atoms with Gasteiger partial charge in [-0.25, -0.2) is 4.98 Å². The Bertz CT molecular complexity index is 264. The van der Waals surface area contributed by atoms with Gasteiger partial charge >= 0.3 is 0 Å². The predicted molar refractivity (Wildman–Crippen MR) is 53.8 cm³/mol. The van der Waals surface area contributed by atoms with Crippen LogP contribution in [0.4, 0.5) is 0 Å². The van der Waals surface area contributed by atoms with Crippen molar-refractivity contribution in [3.8, 4) is 0 Å². The maximum Gasteiger partial charge on any atom is 0.243 e. The normalized spacial score (nSPS) is 10.3. The number of amides is 1. The molecular weight excluding hydrogens is 202 g/mol. The molecule has 6 heteroatoms. The number of nitrogens with one attached hydrogen (secondary N) is 1. The van der Waals surface area contributed by atoms with Crippen LogP contribution in [0, 0.1) is 0 Å². The van der Waals surface area contributed by atoms with E-state index >= 15 is 0 Å². The van der Waals surface area contributed by atoms with Gasteiger partial charge in [-0.15, -0.1) is 11.3 Å². The molecule has 1 aromatic heterocycles. The van der Waals surface area contributed by atoms with Crippen LogP contribution in [0.1, 0.15) is 5.01 Å². The highest BCUT2D eigenvalue weighted by atomic mass is 32.1. The van der Waals surface area contributed by atoms with Gasteiger partial charge < -0.3 is 15.8 Å². The molecule has 14 heavy (non-hydrogen) atoms. The van der Waals surface area contributed by atoms with Crippen molar-refractivity contribution in [3.63, 3.8) is 0 Å². The van der Waals surface area contributed by atoms with Crippen LogP contribution < -0.4 is 11.1 Å². The quantitative estimate of drug-likeness (QED) is 0.614. The molecule has 0 radical (unpaired) electrons. The van der Waals surface area contributed by atoms with E-state index in [-0.39, 0.29) is 6.61 Å². The lowest BCUT2D eigenvalue weighted by atomic mass is 10.6. The number of carbonyl (C=O) groups excluding carboxylic acids is 1. The number of thiazole rings is 1. The molecular formula is C8H13N3O2S. The molecule has 78 valence electrons. The molecule has 0 atom stereocenters. The fourth-order valence-corrected chi connectivity index (χ4v) is 1.44. The highest BCUT2D eigenvalue weighted by Gasteiger charge is 1.95. The summed E-state index contributed by atoms with van der Waals surface area (Å²) in [4.78, 5) is 14.4. The number of hydrogen-bond donors (Lipinski definition) is 2. The Hall–Kier alpha value is -0.980. The van der Waals surface area contributed by atoms with Crippen molar-refractivity contribution in [1.29, 1.82) is 0 Å². The molecule has 1 rings (SSSR count). The molecule has 0 aromatic carbocycles. The SMILES string of the molecule is NC(=O)COCCNCc1nccs1. The largest absolute Gasteiger partial charge is 0.370 e. The number of carbonyl (C=O) groups is 1. The minimum absolute atomic E-state index is 0.0149. The van der Waals surface area contributed by atoms with Gasteiger partial charge in [-0.3, -0.25) is 4.79 Å². The fourth-order valence-electron chi connectivity index (χ4n) is 0.853. The lowest BCUT2D eigenvalue weighted by Crippen LogP contribution is -2.23. The molecule has 0 unspecified atom stereocenters. The second kappa shape index (κ2) is 6.47. The highest BCUT2D eigenvalue weighted by molar-refractivity contribution is 7.09. The summed E-state index contributed by atoms with van der Waals surface area (Å²) in [5.74, 6) is -0.440. The van der Waals surface area contributed by atoms with Gasteiger partial charge in [-0.2, -0.15) is 0 Å². The number of nitrogens with two attached hydrogens (primary N) is 1. The molecule has 0 spiro atoms. The van der Waals surface area contributed by atoms with E-state index in [9.17, 15) is 4.79 Å². The summed E-state index contributed by atoms with van der Waals surface area (Å²) >= 11 is 1.60. The lowest BCUT2D eigenvalue weighted by Gasteiger charge is -2.02. The monoisotopic (exact) mass is 215 g/mol. The summed E-state index contributed by atoms with van der Waals surface area (Å²) in [5, 5.41) is 6.11. The molecule has 1 heterocycles. The zero-order valence-corrected chi connectivity index (χ0v) is 8.55. The van der Waals surface area contributed by atoms with Gasteiger partial charge in [0.25, 0.3) is 0 Å². The van der Waals surface area contributed by atoms with Crippen LogP contribution in [0.2, 0.25) is 0 Å². The van der Waals surface area contributed by atoms with E-state index < -0.39 is 5.91 Å². The van der Waals surface area contributed by atoms with E-state index in [1.54, 1.807) is 17.5 Å². The molecule has 1 aromatic rings. The summed E-state index contributed by atoms with van der Waals surface area (Å²) in [6.45, 7) is 1.89. The first-order chi connectivity index (χ1) is 6.79. The van der Waals surface area contributed by atoms with Gasteiger partial charge in [0.15, 0.2) is 0 Å². The summed E-state index contributed by atoms with van der Waals surface area (Å²) in [6.07, 6.45) is 1.77. The van der Waals surface area contributed by atoms with Crippen molar-refractivity contribution in [2.45, 2.75) is 6.54 Å². The lowest BCUT2D eigenvalue weighted by molar-refractivity contribution is -0.122. The number of primary amides is 1. The maximum absolute atomic E-state index is 10.3. The van der Waals surface area contributed by atoms with Crippen LogP contribution in [0.3, 0.4) is 0 Å². The van der Waals surface area contributed by atoms with Crippen molar-refractivity contribution >= 4 is 17.2 Å². The Kier molecular flexibility index (Phi) is 5.13. The molecule has 0 bridgehead atoms.